The van der Waals surface area contributed by atoms with Gasteiger partial charge in [-0.05, 0) is 55.3 Å². The molecule has 5 heterocycles. The van der Waals surface area contributed by atoms with Gasteiger partial charge in [-0.1, -0.05) is 55.5 Å². The first-order valence-corrected chi connectivity index (χ1v) is 21.4. The summed E-state index contributed by atoms with van der Waals surface area (Å²) in [6.07, 6.45) is 0.194. The van der Waals surface area contributed by atoms with Crippen LogP contribution in [0.3, 0.4) is 0 Å². The average Bonchev–Trinajstić information content (AvgIpc) is 3.67. The van der Waals surface area contributed by atoms with Gasteiger partial charge < -0.3 is 45.5 Å². The Balaban J connectivity index is 0.789. The predicted octanol–water partition coefficient (Wildman–Crippen LogP) is 6.22. The molecule has 0 saturated heterocycles. The van der Waals surface area contributed by atoms with Crippen LogP contribution in [0.1, 0.15) is 55.7 Å². The molecular formula is C48H43N9O9. The lowest BCUT2D eigenvalue weighted by Crippen LogP contribution is -2.48. The number of benzene rings is 4. The topological polar surface area (TPSA) is 249 Å². The summed E-state index contributed by atoms with van der Waals surface area (Å²) in [6, 6.07) is 28.3. The fraction of sp³-hybridized carbons (Fsp3) is 0.229. The quantitative estimate of drug-likeness (QED) is 0.0358. The van der Waals surface area contributed by atoms with Crippen molar-refractivity contribution < 1.29 is 38.9 Å². The molecule has 3 aromatic heterocycles. The van der Waals surface area contributed by atoms with Crippen molar-refractivity contribution in [3.63, 3.8) is 0 Å². The fourth-order valence-electron chi connectivity index (χ4n) is 8.23. The molecule has 0 saturated carbocycles. The van der Waals surface area contributed by atoms with Crippen LogP contribution in [-0.4, -0.2) is 71.4 Å². The van der Waals surface area contributed by atoms with Crippen LogP contribution in [0.4, 0.5) is 29.2 Å². The number of anilines is 5. The van der Waals surface area contributed by atoms with E-state index >= 15 is 0 Å². The first kappa shape index (κ1) is 42.9. The third kappa shape index (κ3) is 8.62. The number of esters is 2. The van der Waals surface area contributed by atoms with E-state index in [4.69, 9.17) is 14.5 Å². The molecule has 18 heteroatoms. The molecule has 18 nitrogen and oxygen atoms in total. The van der Waals surface area contributed by atoms with E-state index in [1.54, 1.807) is 47.9 Å². The van der Waals surface area contributed by atoms with Crippen molar-refractivity contribution in [2.24, 2.45) is 0 Å². The van der Waals surface area contributed by atoms with Crippen molar-refractivity contribution in [3.8, 4) is 22.9 Å². The first-order chi connectivity index (χ1) is 32.0. The number of nitrogens with one attached hydrogen (secondary N) is 4. The van der Waals surface area contributed by atoms with Crippen LogP contribution in [-0.2, 0) is 47.4 Å². The highest BCUT2D eigenvalue weighted by molar-refractivity contribution is 5.98. The van der Waals surface area contributed by atoms with E-state index in [1.807, 2.05) is 48.5 Å². The molecular weight excluding hydrogens is 847 g/mol. The molecule has 7 aromatic rings. The zero-order valence-corrected chi connectivity index (χ0v) is 35.6. The monoisotopic (exact) mass is 889 g/mol. The van der Waals surface area contributed by atoms with Gasteiger partial charge in [0.15, 0.2) is 0 Å². The Morgan fingerprint density at radius 1 is 0.818 bits per heavy atom. The second-order valence-electron chi connectivity index (χ2n) is 15.9. The molecule has 4 aromatic carbocycles. The molecule has 1 atom stereocenters. The van der Waals surface area contributed by atoms with Gasteiger partial charge in [-0.2, -0.15) is 15.0 Å². The maximum absolute atomic E-state index is 13.8. The molecule has 9 rings (SSSR count). The number of aromatic hydroxyl groups is 2. The number of carbonyl (C=O) groups excluding carboxylic acids is 4. The molecule has 0 spiro atoms. The number of hydrogen-bond donors (Lipinski definition) is 6. The minimum absolute atomic E-state index is 0.0392. The third-order valence-corrected chi connectivity index (χ3v) is 11.5. The zero-order valence-electron chi connectivity index (χ0n) is 35.6. The van der Waals surface area contributed by atoms with Crippen LogP contribution in [0.25, 0.3) is 33.1 Å². The number of carbonyl (C=O) groups is 4. The molecule has 0 bridgehead atoms. The Hall–Kier alpha value is -8.41. The number of Topliss-reactive ketones (excluding diaryl/α,β-unsaturated/α-hetero) is 1. The molecule has 0 unspecified atom stereocenters. The van der Waals surface area contributed by atoms with Crippen molar-refractivity contribution in [3.05, 3.63) is 124 Å². The number of hydrogen-bond acceptors (Lipinski definition) is 16. The molecule has 6 N–H and O–H groups in total. The Bertz CT molecular complexity index is 3160. The van der Waals surface area contributed by atoms with Gasteiger partial charge in [0.1, 0.15) is 30.4 Å². The number of nitrogens with zero attached hydrogens (tertiary/aromatic N) is 5. The molecule has 0 radical (unpaired) electrons. The number of ketones is 1. The number of rotatable bonds is 16. The number of fused-ring (bicyclic) bond motifs is 6. The van der Waals surface area contributed by atoms with Crippen molar-refractivity contribution in [1.29, 1.82) is 0 Å². The standard InChI is InChI=1S/C48H43N9O9/c1-2-48(35-23-38-42-28(21-27-9-3-6-15-36(27)52-42)25-57(38)43(63)34(35)26-65-44(48)64)66-41(62)24-50-40(61)19-16-30(58)12-8-20-49-45-54-46(51-29-10-7-11-31(59)22-29)56-47(55-45)53-37-17-18-39(60)33-14-5-4-13-32(33)37/h3-7,9-11,13-15,17-18,21-23,59-60H,2,8,12,16,19-20,24-26H2,1H3,(H,50,61)(H3,49,51,53,54,55,56)/t48-/m0/s1. The summed E-state index contributed by atoms with van der Waals surface area (Å²) in [5.74, 6) is -1.79. The fourth-order valence-corrected chi connectivity index (χ4v) is 8.23. The minimum atomic E-state index is -1.93. The Kier molecular flexibility index (Phi) is 11.7. The normalized spacial score (nSPS) is 14.7. The smallest absolute Gasteiger partial charge is 0.355 e. The van der Waals surface area contributed by atoms with Crippen molar-refractivity contribution in [2.45, 2.75) is 57.8 Å². The molecule has 66 heavy (non-hydrogen) atoms. The summed E-state index contributed by atoms with van der Waals surface area (Å²) in [6.45, 7) is 1.35. The Morgan fingerprint density at radius 3 is 2.41 bits per heavy atom. The van der Waals surface area contributed by atoms with Gasteiger partial charge in [-0.3, -0.25) is 19.2 Å². The number of ether oxygens (including phenoxy) is 2. The van der Waals surface area contributed by atoms with Gasteiger partial charge in [0.05, 0.1) is 29.0 Å². The Morgan fingerprint density at radius 2 is 1.59 bits per heavy atom. The van der Waals surface area contributed by atoms with Gasteiger partial charge in [-0.25, -0.2) is 9.78 Å². The summed E-state index contributed by atoms with van der Waals surface area (Å²) in [5, 5.41) is 34.5. The molecule has 0 aliphatic carbocycles. The SMILES string of the molecule is CC[C@@]1(OC(=O)CNC(=O)CCC(=O)CCCNc2nc(Nc3cccc(O)c3)nc(Nc3ccc(O)c4ccccc34)n2)C(=O)OCc2c1cc1n(c2=O)Cc2cc3ccccc3nc2-1. The van der Waals surface area contributed by atoms with E-state index in [9.17, 15) is 34.2 Å². The van der Waals surface area contributed by atoms with Gasteiger partial charge in [0.25, 0.3) is 5.56 Å². The second kappa shape index (κ2) is 18.0. The van der Waals surface area contributed by atoms with Crippen molar-refractivity contribution in [1.82, 2.24) is 29.8 Å². The van der Waals surface area contributed by atoms with E-state index in [0.29, 0.717) is 41.1 Å². The number of phenols is 2. The van der Waals surface area contributed by atoms with Crippen molar-refractivity contribution in [2.75, 3.05) is 29.0 Å². The number of phenolic OH excluding ortho intramolecular Hbond substituents is 2. The van der Waals surface area contributed by atoms with E-state index in [0.717, 1.165) is 21.9 Å². The minimum Gasteiger partial charge on any atom is -0.508 e. The largest absolute Gasteiger partial charge is 0.508 e. The summed E-state index contributed by atoms with van der Waals surface area (Å²) in [7, 11) is 0. The van der Waals surface area contributed by atoms with Crippen LogP contribution < -0.4 is 26.8 Å². The van der Waals surface area contributed by atoms with Crippen LogP contribution in [0.2, 0.25) is 0 Å². The maximum atomic E-state index is 13.8. The highest BCUT2D eigenvalue weighted by Crippen LogP contribution is 2.41. The van der Waals surface area contributed by atoms with Crippen LogP contribution >= 0.6 is 0 Å². The van der Waals surface area contributed by atoms with Gasteiger partial charge in [0.2, 0.25) is 29.4 Å². The van der Waals surface area contributed by atoms with Crippen molar-refractivity contribution >= 4 is 74.5 Å². The zero-order chi connectivity index (χ0) is 46.0. The van der Waals surface area contributed by atoms with Crippen LogP contribution in [0, 0.1) is 0 Å². The summed E-state index contributed by atoms with van der Waals surface area (Å²) >= 11 is 0. The lowest BCUT2D eigenvalue weighted by Gasteiger charge is -2.35. The number of para-hydroxylation sites is 1. The van der Waals surface area contributed by atoms with E-state index in [-0.39, 0.29) is 90.6 Å². The maximum Gasteiger partial charge on any atom is 0.355 e. The van der Waals surface area contributed by atoms with Gasteiger partial charge >= 0.3 is 11.9 Å². The first-order valence-electron chi connectivity index (χ1n) is 21.4. The molecule has 334 valence electrons. The highest BCUT2D eigenvalue weighted by Gasteiger charge is 2.50. The van der Waals surface area contributed by atoms with E-state index in [1.165, 1.54) is 12.1 Å². The third-order valence-electron chi connectivity index (χ3n) is 11.5. The summed E-state index contributed by atoms with van der Waals surface area (Å²) < 4.78 is 12.8. The number of amides is 1. The lowest BCUT2D eigenvalue weighted by atomic mass is 9.85. The summed E-state index contributed by atoms with van der Waals surface area (Å²) in [4.78, 5) is 84.4. The Labute approximate surface area is 376 Å². The van der Waals surface area contributed by atoms with E-state index in [2.05, 4.69) is 36.2 Å². The molecule has 2 aliphatic heterocycles. The highest BCUT2D eigenvalue weighted by atomic mass is 16.6. The summed E-state index contributed by atoms with van der Waals surface area (Å²) in [5.41, 5.74) is 1.97. The van der Waals surface area contributed by atoms with Gasteiger partial charge in [-0.15, -0.1) is 0 Å². The average molecular weight is 890 g/mol. The number of cyclic esters (lactones) is 1. The second-order valence-corrected chi connectivity index (χ2v) is 15.9. The molecule has 2 aliphatic rings. The van der Waals surface area contributed by atoms with Crippen LogP contribution in [0.5, 0.6) is 11.5 Å². The van der Waals surface area contributed by atoms with E-state index < -0.39 is 30.0 Å². The predicted molar refractivity (Wildman–Crippen MR) is 243 cm³/mol. The lowest BCUT2D eigenvalue weighted by molar-refractivity contribution is -0.189. The molecule has 1 amide bonds. The number of aromatic nitrogens is 5. The van der Waals surface area contributed by atoms with Gasteiger partial charge in [0, 0.05) is 70.5 Å². The molecule has 0 fully saturated rings. The van der Waals surface area contributed by atoms with Crippen LogP contribution in [0.15, 0.2) is 102 Å². The number of pyridine rings is 2.